The number of fused-ring (bicyclic) bond motifs is 1. The minimum Gasteiger partial charge on any atom is -0.369 e. The van der Waals surface area contributed by atoms with E-state index in [1.54, 1.807) is 6.07 Å². The normalized spacial score (nSPS) is 27.1. The molecule has 3 nitrogen and oxygen atoms in total. The highest BCUT2D eigenvalue weighted by atomic mass is 32.2. The van der Waals surface area contributed by atoms with Crippen LogP contribution in [0.1, 0.15) is 19.4 Å². The largest absolute Gasteiger partial charge is 0.417 e. The first-order valence-corrected chi connectivity index (χ1v) is 8.93. The first kappa shape index (κ1) is 17.6. The van der Waals surface area contributed by atoms with E-state index in [2.05, 4.69) is 4.90 Å². The van der Waals surface area contributed by atoms with Gasteiger partial charge in [-0.15, -0.1) is 11.8 Å². The van der Waals surface area contributed by atoms with Gasteiger partial charge in [0, 0.05) is 35.2 Å². The molecule has 0 bridgehead atoms. The zero-order valence-corrected chi connectivity index (χ0v) is 14.5. The number of alkyl halides is 3. The van der Waals surface area contributed by atoms with Crippen LogP contribution in [0.25, 0.3) is 0 Å². The van der Waals surface area contributed by atoms with Crippen molar-refractivity contribution in [2.45, 2.75) is 30.5 Å². The van der Waals surface area contributed by atoms with Crippen molar-refractivity contribution in [3.8, 4) is 0 Å². The number of halogens is 3. The molecule has 0 spiro atoms. The molecular formula is C17H21F3N2OS. The molecular weight excluding hydrogens is 337 g/mol. The SMILES string of the molecule is CC(C)(CSc1ccccc1C(F)(F)F)N1CC2C(C1)C2C(N)=O. The molecule has 1 amide bonds. The van der Waals surface area contributed by atoms with Gasteiger partial charge in [-0.3, -0.25) is 9.69 Å². The fourth-order valence-electron chi connectivity index (χ4n) is 3.61. The number of rotatable bonds is 5. The quantitative estimate of drug-likeness (QED) is 0.822. The lowest BCUT2D eigenvalue weighted by Gasteiger charge is -2.37. The number of primary amides is 1. The Balaban J connectivity index is 1.62. The van der Waals surface area contributed by atoms with E-state index in [9.17, 15) is 18.0 Å². The number of nitrogens with zero attached hydrogens (tertiary/aromatic N) is 1. The predicted octanol–water partition coefficient (Wildman–Crippen LogP) is 3.24. The first-order chi connectivity index (χ1) is 11.1. The van der Waals surface area contributed by atoms with Crippen molar-refractivity contribution in [3.05, 3.63) is 29.8 Å². The summed E-state index contributed by atoms with van der Waals surface area (Å²) in [5.41, 5.74) is 4.55. The molecule has 132 valence electrons. The van der Waals surface area contributed by atoms with Gasteiger partial charge in [0.2, 0.25) is 5.91 Å². The fraction of sp³-hybridized carbons (Fsp3) is 0.588. The first-order valence-electron chi connectivity index (χ1n) is 7.94. The summed E-state index contributed by atoms with van der Waals surface area (Å²) in [5.74, 6) is 0.982. The van der Waals surface area contributed by atoms with Gasteiger partial charge in [-0.25, -0.2) is 0 Å². The molecule has 2 atom stereocenters. The van der Waals surface area contributed by atoms with Crippen LogP contribution in [0.4, 0.5) is 13.2 Å². The number of carbonyl (C=O) groups is 1. The highest BCUT2D eigenvalue weighted by Gasteiger charge is 2.60. The smallest absolute Gasteiger partial charge is 0.369 e. The Morgan fingerprint density at radius 3 is 2.38 bits per heavy atom. The monoisotopic (exact) mass is 358 g/mol. The maximum atomic E-state index is 13.1. The van der Waals surface area contributed by atoms with Crippen LogP contribution >= 0.6 is 11.8 Å². The average molecular weight is 358 g/mol. The second-order valence-corrected chi connectivity index (χ2v) is 8.27. The number of hydrogen-bond donors (Lipinski definition) is 1. The van der Waals surface area contributed by atoms with Gasteiger partial charge in [0.05, 0.1) is 5.56 Å². The van der Waals surface area contributed by atoms with Crippen LogP contribution in [-0.2, 0) is 11.0 Å². The van der Waals surface area contributed by atoms with E-state index in [0.29, 0.717) is 17.6 Å². The van der Waals surface area contributed by atoms with Crippen LogP contribution < -0.4 is 5.73 Å². The van der Waals surface area contributed by atoms with Crippen molar-refractivity contribution >= 4 is 17.7 Å². The molecule has 1 aliphatic carbocycles. The average Bonchev–Trinajstić information content (AvgIpc) is 3.00. The molecule has 1 heterocycles. The number of benzene rings is 1. The van der Waals surface area contributed by atoms with Crippen LogP contribution in [0, 0.1) is 17.8 Å². The van der Waals surface area contributed by atoms with Crippen LogP contribution in [0.15, 0.2) is 29.2 Å². The number of likely N-dealkylation sites (tertiary alicyclic amines) is 1. The van der Waals surface area contributed by atoms with Gasteiger partial charge in [-0.1, -0.05) is 12.1 Å². The highest BCUT2D eigenvalue weighted by Crippen LogP contribution is 2.53. The van der Waals surface area contributed by atoms with E-state index in [1.807, 2.05) is 13.8 Å². The third-order valence-corrected chi connectivity index (χ3v) is 6.67. The Kier molecular flexibility index (Phi) is 4.36. The van der Waals surface area contributed by atoms with Crippen LogP contribution in [0.3, 0.4) is 0 Å². The van der Waals surface area contributed by atoms with Gasteiger partial charge < -0.3 is 5.73 Å². The van der Waals surface area contributed by atoms with E-state index in [1.165, 1.54) is 23.9 Å². The van der Waals surface area contributed by atoms with Crippen molar-refractivity contribution in [2.24, 2.45) is 23.5 Å². The summed E-state index contributed by atoms with van der Waals surface area (Å²) in [6.45, 7) is 5.68. The van der Waals surface area contributed by atoms with Crippen molar-refractivity contribution in [2.75, 3.05) is 18.8 Å². The second-order valence-electron chi connectivity index (χ2n) is 7.26. The Labute approximate surface area is 143 Å². The van der Waals surface area contributed by atoms with Gasteiger partial charge >= 0.3 is 6.18 Å². The minimum absolute atomic E-state index is 0.00402. The molecule has 1 aliphatic heterocycles. The summed E-state index contributed by atoms with van der Waals surface area (Å²) < 4.78 is 39.2. The Hall–Kier alpha value is -1.21. The zero-order valence-electron chi connectivity index (χ0n) is 13.6. The topological polar surface area (TPSA) is 46.3 Å². The Morgan fingerprint density at radius 2 is 1.83 bits per heavy atom. The molecule has 7 heteroatoms. The molecule has 0 radical (unpaired) electrons. The summed E-state index contributed by atoms with van der Waals surface area (Å²) >= 11 is 1.24. The zero-order chi connectivity index (χ0) is 17.7. The Bertz CT molecular complexity index is 635. The lowest BCUT2D eigenvalue weighted by molar-refractivity contribution is -0.139. The molecule has 2 unspecified atom stereocenters. The molecule has 1 aromatic rings. The summed E-state index contributed by atoms with van der Waals surface area (Å²) in [6, 6.07) is 5.69. The molecule has 2 aliphatic rings. The molecule has 2 N–H and O–H groups in total. The third-order valence-electron chi connectivity index (χ3n) is 5.15. The number of carbonyl (C=O) groups excluding carboxylic acids is 1. The van der Waals surface area contributed by atoms with Crippen LogP contribution in [0.2, 0.25) is 0 Å². The van der Waals surface area contributed by atoms with Crippen molar-refractivity contribution in [1.29, 1.82) is 0 Å². The summed E-state index contributed by atoms with van der Waals surface area (Å²) in [4.78, 5) is 13.8. The van der Waals surface area contributed by atoms with E-state index >= 15 is 0 Å². The summed E-state index contributed by atoms with van der Waals surface area (Å²) in [5, 5.41) is 0. The van der Waals surface area contributed by atoms with Gasteiger partial charge in [-0.2, -0.15) is 13.2 Å². The number of hydrogen-bond acceptors (Lipinski definition) is 3. The highest BCUT2D eigenvalue weighted by molar-refractivity contribution is 7.99. The van der Waals surface area contributed by atoms with Crippen LogP contribution in [0.5, 0.6) is 0 Å². The maximum absolute atomic E-state index is 13.1. The molecule has 1 saturated carbocycles. The van der Waals surface area contributed by atoms with E-state index in [0.717, 1.165) is 19.2 Å². The molecule has 1 aromatic carbocycles. The van der Waals surface area contributed by atoms with Crippen molar-refractivity contribution in [1.82, 2.24) is 4.90 Å². The lowest BCUT2D eigenvalue weighted by atomic mass is 10.1. The van der Waals surface area contributed by atoms with Crippen molar-refractivity contribution in [3.63, 3.8) is 0 Å². The van der Waals surface area contributed by atoms with Gasteiger partial charge in [0.25, 0.3) is 0 Å². The number of amides is 1. The van der Waals surface area contributed by atoms with Crippen LogP contribution in [-0.4, -0.2) is 35.2 Å². The molecule has 1 saturated heterocycles. The van der Waals surface area contributed by atoms with Gasteiger partial charge in [0.1, 0.15) is 0 Å². The lowest BCUT2D eigenvalue weighted by Crippen LogP contribution is -2.46. The predicted molar refractivity (Wildman–Crippen MR) is 87.5 cm³/mol. The fourth-order valence-corrected chi connectivity index (χ4v) is 4.82. The standard InChI is InChI=1S/C17H21F3N2OS/c1-16(2,22-7-10-11(8-22)14(10)15(21)23)9-24-13-6-4-3-5-12(13)17(18,19)20/h3-6,10-11,14H,7-9H2,1-2H3,(H2,21,23). The van der Waals surface area contributed by atoms with E-state index in [-0.39, 0.29) is 22.3 Å². The third kappa shape index (κ3) is 3.28. The summed E-state index contributed by atoms with van der Waals surface area (Å²) in [7, 11) is 0. The number of piperidine rings is 1. The molecule has 2 fully saturated rings. The number of thioether (sulfide) groups is 1. The minimum atomic E-state index is -4.34. The Morgan fingerprint density at radius 1 is 1.25 bits per heavy atom. The molecule has 3 rings (SSSR count). The van der Waals surface area contributed by atoms with Gasteiger partial charge in [-0.05, 0) is 37.8 Å². The van der Waals surface area contributed by atoms with E-state index < -0.39 is 11.7 Å². The maximum Gasteiger partial charge on any atom is 0.417 e. The van der Waals surface area contributed by atoms with Gasteiger partial charge in [0.15, 0.2) is 0 Å². The number of nitrogens with two attached hydrogens (primary N) is 1. The van der Waals surface area contributed by atoms with Crippen molar-refractivity contribution < 1.29 is 18.0 Å². The second kappa shape index (κ2) is 5.95. The molecule has 24 heavy (non-hydrogen) atoms. The summed E-state index contributed by atoms with van der Waals surface area (Å²) in [6.07, 6.45) is -4.34. The molecule has 0 aromatic heterocycles. The van der Waals surface area contributed by atoms with E-state index in [4.69, 9.17) is 5.73 Å².